The average molecular weight is 279 g/mol. The summed E-state index contributed by atoms with van der Waals surface area (Å²) in [5.41, 5.74) is 4.59. The minimum atomic E-state index is -0.113. The second kappa shape index (κ2) is 5.44. The van der Waals surface area contributed by atoms with Crippen LogP contribution in [-0.4, -0.2) is 12.5 Å². The topological polar surface area (TPSA) is 38.3 Å². The van der Waals surface area contributed by atoms with E-state index in [-0.39, 0.29) is 5.91 Å². The number of benzene rings is 2. The fraction of sp³-hybridized carbons (Fsp3) is 0.167. The van der Waals surface area contributed by atoms with E-state index in [1.165, 1.54) is 0 Å². The lowest BCUT2D eigenvalue weighted by Crippen LogP contribution is -2.21. The molecule has 1 aliphatic heterocycles. The number of para-hydroxylation sites is 1. The van der Waals surface area contributed by atoms with E-state index in [0.29, 0.717) is 12.2 Å². The molecular weight excluding hydrogens is 262 g/mol. The van der Waals surface area contributed by atoms with Gasteiger partial charge in [0.1, 0.15) is 12.4 Å². The number of rotatable bonds is 2. The minimum absolute atomic E-state index is 0.113. The Morgan fingerprint density at radius 3 is 2.81 bits per heavy atom. The molecule has 0 spiro atoms. The first-order chi connectivity index (χ1) is 10.1. The largest absolute Gasteiger partial charge is 0.488 e. The molecule has 0 saturated carbocycles. The summed E-state index contributed by atoms with van der Waals surface area (Å²) in [5, 5.41) is 2.96. The summed E-state index contributed by atoms with van der Waals surface area (Å²) in [6.07, 6.45) is 1.89. The molecule has 1 N–H and O–H groups in total. The van der Waals surface area contributed by atoms with Crippen molar-refractivity contribution in [2.24, 2.45) is 0 Å². The van der Waals surface area contributed by atoms with Crippen molar-refractivity contribution in [3.8, 4) is 5.75 Å². The summed E-state index contributed by atoms with van der Waals surface area (Å²) >= 11 is 0. The lowest BCUT2D eigenvalue weighted by atomic mass is 10.1. The van der Waals surface area contributed by atoms with Gasteiger partial charge in [-0.3, -0.25) is 4.79 Å². The highest BCUT2D eigenvalue weighted by Gasteiger charge is 2.17. The van der Waals surface area contributed by atoms with Crippen LogP contribution in [0.3, 0.4) is 0 Å². The second-order valence-electron chi connectivity index (χ2n) is 5.27. The highest BCUT2D eigenvalue weighted by Crippen LogP contribution is 2.26. The summed E-state index contributed by atoms with van der Waals surface area (Å²) in [5.74, 6) is 0.707. The molecule has 1 aliphatic rings. The number of carbonyl (C=O) groups is 1. The van der Waals surface area contributed by atoms with E-state index in [2.05, 4.69) is 5.32 Å². The molecule has 3 heteroatoms. The first kappa shape index (κ1) is 13.4. The van der Waals surface area contributed by atoms with E-state index in [1.807, 2.05) is 62.4 Å². The van der Waals surface area contributed by atoms with Crippen LogP contribution < -0.4 is 10.1 Å². The van der Waals surface area contributed by atoms with Gasteiger partial charge in [-0.25, -0.2) is 0 Å². The van der Waals surface area contributed by atoms with Gasteiger partial charge in [-0.15, -0.1) is 0 Å². The Hall–Kier alpha value is -2.55. The maximum absolute atomic E-state index is 12.4. The van der Waals surface area contributed by atoms with Gasteiger partial charge in [0.05, 0.1) is 5.57 Å². The third kappa shape index (κ3) is 2.82. The van der Waals surface area contributed by atoms with E-state index in [1.54, 1.807) is 0 Å². The predicted octanol–water partition coefficient (Wildman–Crippen LogP) is 3.72. The molecule has 1 heterocycles. The molecule has 0 radical (unpaired) electrons. The molecule has 2 aromatic rings. The second-order valence-corrected chi connectivity index (χ2v) is 5.27. The maximum atomic E-state index is 12.4. The standard InChI is InChI=1S/C18H17NO2/c1-12-7-8-13(2)16(9-12)19-18(20)15-10-14-5-3-4-6-17(14)21-11-15/h3-10H,11H2,1-2H3,(H,19,20). The van der Waals surface area contributed by atoms with Crippen LogP contribution in [0.4, 0.5) is 5.69 Å². The molecular formula is C18H17NO2. The van der Waals surface area contributed by atoms with Gasteiger partial charge in [0, 0.05) is 11.3 Å². The Bertz CT molecular complexity index is 732. The fourth-order valence-electron chi connectivity index (χ4n) is 2.32. The SMILES string of the molecule is Cc1ccc(C)c(NC(=O)C2=Cc3ccccc3OC2)c1. The van der Waals surface area contributed by atoms with Gasteiger partial charge in [0.2, 0.25) is 0 Å². The number of fused-ring (bicyclic) bond motifs is 1. The number of aryl methyl sites for hydroxylation is 2. The van der Waals surface area contributed by atoms with Crippen molar-refractivity contribution in [3.05, 3.63) is 64.7 Å². The molecule has 0 aromatic heterocycles. The Labute approximate surface area is 124 Å². The van der Waals surface area contributed by atoms with Crippen LogP contribution in [0.15, 0.2) is 48.0 Å². The highest BCUT2D eigenvalue weighted by atomic mass is 16.5. The Morgan fingerprint density at radius 2 is 1.95 bits per heavy atom. The van der Waals surface area contributed by atoms with Crippen molar-refractivity contribution in [3.63, 3.8) is 0 Å². The Morgan fingerprint density at radius 1 is 1.14 bits per heavy atom. The van der Waals surface area contributed by atoms with E-state index >= 15 is 0 Å². The molecule has 106 valence electrons. The summed E-state index contributed by atoms with van der Waals surface area (Å²) in [6, 6.07) is 13.7. The van der Waals surface area contributed by atoms with Crippen LogP contribution in [-0.2, 0) is 4.79 Å². The average Bonchev–Trinajstić information content (AvgIpc) is 2.50. The third-order valence-electron chi connectivity index (χ3n) is 3.56. The first-order valence-corrected chi connectivity index (χ1v) is 6.94. The lowest BCUT2D eigenvalue weighted by molar-refractivity contribution is -0.113. The van der Waals surface area contributed by atoms with Crippen molar-refractivity contribution >= 4 is 17.7 Å². The van der Waals surface area contributed by atoms with E-state index < -0.39 is 0 Å². The minimum Gasteiger partial charge on any atom is -0.488 e. The monoisotopic (exact) mass is 279 g/mol. The van der Waals surface area contributed by atoms with Crippen molar-refractivity contribution < 1.29 is 9.53 Å². The van der Waals surface area contributed by atoms with E-state index in [4.69, 9.17) is 4.74 Å². The van der Waals surface area contributed by atoms with Crippen molar-refractivity contribution in [2.75, 3.05) is 11.9 Å². The van der Waals surface area contributed by atoms with Crippen molar-refractivity contribution in [1.29, 1.82) is 0 Å². The summed E-state index contributed by atoms with van der Waals surface area (Å²) in [4.78, 5) is 12.4. The third-order valence-corrected chi connectivity index (χ3v) is 3.56. The van der Waals surface area contributed by atoms with Crippen LogP contribution in [0, 0.1) is 13.8 Å². The molecule has 0 atom stereocenters. The predicted molar refractivity (Wildman–Crippen MR) is 84.5 cm³/mol. The van der Waals surface area contributed by atoms with Crippen LogP contribution in [0.5, 0.6) is 5.75 Å². The normalized spacial score (nSPS) is 13.0. The fourth-order valence-corrected chi connectivity index (χ4v) is 2.32. The number of hydrogen-bond donors (Lipinski definition) is 1. The molecule has 0 fully saturated rings. The molecule has 21 heavy (non-hydrogen) atoms. The van der Waals surface area contributed by atoms with Gasteiger partial charge in [0.15, 0.2) is 0 Å². The Balaban J connectivity index is 1.84. The van der Waals surface area contributed by atoms with Gasteiger partial charge in [-0.2, -0.15) is 0 Å². The number of nitrogens with one attached hydrogen (secondary N) is 1. The Kier molecular flexibility index (Phi) is 3.48. The molecule has 3 nitrogen and oxygen atoms in total. The van der Waals surface area contributed by atoms with Crippen molar-refractivity contribution in [2.45, 2.75) is 13.8 Å². The zero-order valence-corrected chi connectivity index (χ0v) is 12.1. The molecule has 1 amide bonds. The summed E-state index contributed by atoms with van der Waals surface area (Å²) < 4.78 is 5.62. The number of anilines is 1. The zero-order valence-electron chi connectivity index (χ0n) is 12.1. The van der Waals surface area contributed by atoms with Gasteiger partial charge < -0.3 is 10.1 Å². The van der Waals surface area contributed by atoms with Gasteiger partial charge >= 0.3 is 0 Å². The number of carbonyl (C=O) groups excluding carboxylic acids is 1. The lowest BCUT2D eigenvalue weighted by Gasteiger charge is -2.18. The zero-order chi connectivity index (χ0) is 14.8. The molecule has 0 saturated heterocycles. The molecule has 0 aliphatic carbocycles. The van der Waals surface area contributed by atoms with Crippen LogP contribution in [0.1, 0.15) is 16.7 Å². The number of hydrogen-bond acceptors (Lipinski definition) is 2. The van der Waals surface area contributed by atoms with Crippen molar-refractivity contribution in [1.82, 2.24) is 0 Å². The number of amides is 1. The number of ether oxygens (including phenoxy) is 1. The summed E-state index contributed by atoms with van der Waals surface area (Å²) in [6.45, 7) is 4.29. The molecule has 2 aromatic carbocycles. The van der Waals surface area contributed by atoms with E-state index in [9.17, 15) is 4.79 Å². The van der Waals surface area contributed by atoms with Gasteiger partial charge in [0.25, 0.3) is 5.91 Å². The molecule has 3 rings (SSSR count). The van der Waals surface area contributed by atoms with Gasteiger partial charge in [-0.1, -0.05) is 30.3 Å². The molecule has 0 bridgehead atoms. The van der Waals surface area contributed by atoms with Crippen LogP contribution in [0.2, 0.25) is 0 Å². The summed E-state index contributed by atoms with van der Waals surface area (Å²) in [7, 11) is 0. The van der Waals surface area contributed by atoms with Gasteiger partial charge in [-0.05, 0) is 43.2 Å². The van der Waals surface area contributed by atoms with Crippen LogP contribution >= 0.6 is 0 Å². The maximum Gasteiger partial charge on any atom is 0.255 e. The smallest absolute Gasteiger partial charge is 0.255 e. The molecule has 0 unspecified atom stereocenters. The van der Waals surface area contributed by atoms with E-state index in [0.717, 1.165) is 28.1 Å². The quantitative estimate of drug-likeness (QED) is 0.910. The van der Waals surface area contributed by atoms with Crippen LogP contribution in [0.25, 0.3) is 6.08 Å². The first-order valence-electron chi connectivity index (χ1n) is 6.94. The highest BCUT2D eigenvalue weighted by molar-refractivity contribution is 6.07.